The molecule has 8 nitrogen and oxygen atoms in total. The normalized spacial score (nSPS) is 2.67. The topological polar surface area (TPSA) is 192 Å². The summed E-state index contributed by atoms with van der Waals surface area (Å²) in [6.07, 6.45) is 0. The van der Waals surface area contributed by atoms with E-state index in [0.717, 1.165) is 0 Å². The van der Waals surface area contributed by atoms with Crippen molar-refractivity contribution in [2.75, 3.05) is 0 Å². The SMILES string of the molecule is O.O.O.O.O=[N+]([O-])[O-].[Zn+2]. The third kappa shape index (κ3) is 2170. The van der Waals surface area contributed by atoms with Crippen LogP contribution in [0.4, 0.5) is 0 Å². The van der Waals surface area contributed by atoms with Gasteiger partial charge in [-0.2, -0.15) is 0 Å². The molecule has 0 aromatic carbocycles. The molecule has 0 amide bonds. The Labute approximate surface area is 62.6 Å². The zero-order chi connectivity index (χ0) is 3.58. The Kier molecular flexibility index (Phi) is 382. The van der Waals surface area contributed by atoms with E-state index in [1.807, 2.05) is 0 Å². The van der Waals surface area contributed by atoms with Crippen molar-refractivity contribution in [2.45, 2.75) is 0 Å². The second-order valence-corrected chi connectivity index (χ2v) is 0.224. The molecule has 9 heavy (non-hydrogen) atoms. The molecule has 0 rings (SSSR count). The molecule has 0 unspecified atom stereocenters. The maximum Gasteiger partial charge on any atom is 2.00 e. The molecule has 9 heteroatoms. The van der Waals surface area contributed by atoms with Gasteiger partial charge in [0.05, 0.1) is 5.09 Å². The maximum absolute atomic E-state index is 8.25. The fourth-order valence-corrected chi connectivity index (χ4v) is 0. The van der Waals surface area contributed by atoms with E-state index in [0.29, 0.717) is 0 Å². The Hall–Kier alpha value is -0.337. The van der Waals surface area contributed by atoms with Gasteiger partial charge >= 0.3 is 19.5 Å². The predicted molar refractivity (Wildman–Crippen MR) is 24.8 cm³/mol. The fraction of sp³-hybridized carbons (Fsp3) is 0. The summed E-state index contributed by atoms with van der Waals surface area (Å²) in [4.78, 5) is 8.25. The molecule has 56 valence electrons. The average molecular weight is 199 g/mol. The van der Waals surface area contributed by atoms with Crippen LogP contribution in [0.5, 0.6) is 0 Å². The van der Waals surface area contributed by atoms with Crippen LogP contribution in [0.25, 0.3) is 0 Å². The molecule has 0 spiro atoms. The third-order valence-electron chi connectivity index (χ3n) is 0. The van der Waals surface area contributed by atoms with Crippen LogP contribution in [0.15, 0.2) is 0 Å². The molecule has 0 saturated carbocycles. The molecule has 0 bridgehead atoms. The van der Waals surface area contributed by atoms with Crippen LogP contribution in [0, 0.1) is 15.3 Å². The van der Waals surface area contributed by atoms with Crippen LogP contribution in [0.2, 0.25) is 0 Å². The van der Waals surface area contributed by atoms with Gasteiger partial charge in [-0.25, -0.2) is 0 Å². The van der Waals surface area contributed by atoms with Crippen molar-refractivity contribution in [1.82, 2.24) is 0 Å². The first-order valence-electron chi connectivity index (χ1n) is 0.548. The van der Waals surface area contributed by atoms with Gasteiger partial charge in [0, 0.05) is 0 Å². The average Bonchev–Trinajstić information content (AvgIpc) is 0.811. The summed E-state index contributed by atoms with van der Waals surface area (Å²) in [5.74, 6) is 0. The van der Waals surface area contributed by atoms with Gasteiger partial charge in [-0.05, 0) is 0 Å². The van der Waals surface area contributed by atoms with Gasteiger partial charge in [0.15, 0.2) is 0 Å². The van der Waals surface area contributed by atoms with Crippen molar-refractivity contribution < 1.29 is 46.5 Å². The fourth-order valence-electron chi connectivity index (χ4n) is 0. The van der Waals surface area contributed by atoms with Crippen LogP contribution >= 0.6 is 0 Å². The van der Waals surface area contributed by atoms with Crippen molar-refractivity contribution in [2.24, 2.45) is 0 Å². The summed E-state index contributed by atoms with van der Waals surface area (Å²) in [5.41, 5.74) is 0. The Morgan fingerprint density at radius 1 is 0.889 bits per heavy atom. The Bertz CT molecular complexity index is 31.9. The van der Waals surface area contributed by atoms with Gasteiger partial charge in [-0.3, -0.25) is 0 Å². The van der Waals surface area contributed by atoms with Crippen LogP contribution in [0.3, 0.4) is 0 Å². The summed E-state index contributed by atoms with van der Waals surface area (Å²) in [6, 6.07) is 0. The van der Waals surface area contributed by atoms with Gasteiger partial charge in [-0.1, -0.05) is 0 Å². The molecule has 0 saturated heterocycles. The summed E-state index contributed by atoms with van der Waals surface area (Å²) in [7, 11) is 0. The molecular formula is H8NO7Zn+. The van der Waals surface area contributed by atoms with Crippen LogP contribution in [-0.4, -0.2) is 27.0 Å². The molecule has 0 atom stereocenters. The van der Waals surface area contributed by atoms with Gasteiger partial charge in [0.2, 0.25) is 0 Å². The molecule has 0 aliphatic rings. The smallest absolute Gasteiger partial charge is 0.412 e. The minimum absolute atomic E-state index is 0. The summed E-state index contributed by atoms with van der Waals surface area (Å²) in [6.45, 7) is 0. The predicted octanol–water partition coefficient (Wildman–Crippen LogP) is -3.54. The van der Waals surface area contributed by atoms with Gasteiger partial charge < -0.3 is 37.2 Å². The Balaban J connectivity index is -0.00000000450. The number of nitrogens with zero attached hydrogens (tertiary/aromatic N) is 1. The van der Waals surface area contributed by atoms with Crippen LogP contribution < -0.4 is 0 Å². The number of rotatable bonds is 0. The Morgan fingerprint density at radius 3 is 0.889 bits per heavy atom. The van der Waals surface area contributed by atoms with Gasteiger partial charge in [-0.15, -0.1) is 0 Å². The van der Waals surface area contributed by atoms with Gasteiger partial charge in [0.25, 0.3) is 0 Å². The first kappa shape index (κ1) is 71.7. The molecule has 0 aromatic heterocycles. The van der Waals surface area contributed by atoms with Crippen molar-refractivity contribution in [1.29, 1.82) is 0 Å². The summed E-state index contributed by atoms with van der Waals surface area (Å²) >= 11 is 0. The Morgan fingerprint density at radius 2 is 0.889 bits per heavy atom. The first-order valence-corrected chi connectivity index (χ1v) is 0.548. The zero-order valence-corrected chi connectivity index (χ0v) is 7.35. The van der Waals surface area contributed by atoms with E-state index in [-0.39, 0.29) is 41.4 Å². The quantitative estimate of drug-likeness (QED) is 0.222. The molecule has 0 radical (unpaired) electrons. The second kappa shape index (κ2) is 48.0. The molecule has 0 aromatic rings. The van der Waals surface area contributed by atoms with Crippen molar-refractivity contribution in [3.8, 4) is 0 Å². The van der Waals surface area contributed by atoms with E-state index in [1.54, 1.807) is 0 Å². The largest absolute Gasteiger partial charge is 2.00 e. The zero-order valence-electron chi connectivity index (χ0n) is 4.38. The molecule has 0 heterocycles. The maximum atomic E-state index is 8.25. The van der Waals surface area contributed by atoms with Crippen LogP contribution in [-0.2, 0) is 19.5 Å². The van der Waals surface area contributed by atoms with Gasteiger partial charge in [0.1, 0.15) is 0 Å². The van der Waals surface area contributed by atoms with E-state index in [9.17, 15) is 0 Å². The van der Waals surface area contributed by atoms with Crippen molar-refractivity contribution in [3.05, 3.63) is 15.3 Å². The minimum Gasteiger partial charge on any atom is -0.412 e. The molecule has 8 N–H and O–H groups in total. The van der Waals surface area contributed by atoms with E-state index >= 15 is 0 Å². The van der Waals surface area contributed by atoms with E-state index in [4.69, 9.17) is 15.3 Å². The molecule has 0 aliphatic carbocycles. The number of hydrogen-bond acceptors (Lipinski definition) is 3. The van der Waals surface area contributed by atoms with E-state index in [2.05, 4.69) is 0 Å². The molecule has 0 aliphatic heterocycles. The van der Waals surface area contributed by atoms with Crippen molar-refractivity contribution in [3.63, 3.8) is 0 Å². The van der Waals surface area contributed by atoms with E-state index in [1.165, 1.54) is 0 Å². The molecule has 0 fully saturated rings. The monoisotopic (exact) mass is 198 g/mol. The molecular weight excluding hydrogens is 191 g/mol. The van der Waals surface area contributed by atoms with Crippen LogP contribution in [0.1, 0.15) is 0 Å². The second-order valence-electron chi connectivity index (χ2n) is 0.224. The minimum atomic E-state index is -1.75. The standard InChI is InChI=1S/NO3.4H2O.Zn/c2-1(3)4;;;;;/h;4*1H2;/q-1;;;;;+2. The third-order valence-corrected chi connectivity index (χ3v) is 0. The number of hydrogen-bond donors (Lipinski definition) is 0. The first-order chi connectivity index (χ1) is 1.73. The van der Waals surface area contributed by atoms with E-state index < -0.39 is 5.09 Å². The summed E-state index contributed by atoms with van der Waals surface area (Å²) in [5, 5.41) is 14.8. The summed E-state index contributed by atoms with van der Waals surface area (Å²) < 4.78 is 0. The van der Waals surface area contributed by atoms with Crippen molar-refractivity contribution >= 4 is 0 Å².